The molecule has 0 amide bonds. The highest BCUT2D eigenvalue weighted by Crippen LogP contribution is 2.36. The molecule has 4 atom stereocenters. The summed E-state index contributed by atoms with van der Waals surface area (Å²) in [5, 5.41) is 19.9. The molecule has 0 bridgehead atoms. The predicted octanol–water partition coefficient (Wildman–Crippen LogP) is 4.00. The molecule has 11 nitrogen and oxygen atoms in total. The van der Waals surface area contributed by atoms with E-state index in [2.05, 4.69) is 4.74 Å². The molecule has 0 aromatic carbocycles. The average molecular weight is 459 g/mol. The zero-order valence-electron chi connectivity index (χ0n) is 18.8. The highest BCUT2D eigenvalue weighted by molar-refractivity contribution is 5.84. The van der Waals surface area contributed by atoms with Crippen molar-refractivity contribution in [1.29, 1.82) is 0 Å². The second-order valence-electron chi connectivity index (χ2n) is 8.00. The van der Waals surface area contributed by atoms with E-state index in [0.29, 0.717) is 25.7 Å². The van der Waals surface area contributed by atoms with Crippen molar-refractivity contribution >= 4 is 11.8 Å². The van der Waals surface area contributed by atoms with E-state index in [1.807, 2.05) is 6.92 Å². The fraction of sp³-hybridized carbons (Fsp3) is 0.810. The smallest absolute Gasteiger partial charge is 0.305 e. The highest BCUT2D eigenvalue weighted by atomic mass is 17.0. The van der Waals surface area contributed by atoms with Crippen molar-refractivity contribution in [2.75, 3.05) is 7.11 Å². The summed E-state index contributed by atoms with van der Waals surface area (Å²) < 4.78 is 4.60. The molecule has 1 fully saturated rings. The molecule has 182 valence electrons. The Labute approximate surface area is 187 Å². The first kappa shape index (κ1) is 27.3. The van der Waals surface area contributed by atoms with Gasteiger partial charge in [0.05, 0.1) is 7.11 Å². The summed E-state index contributed by atoms with van der Waals surface area (Å²) in [7, 11) is 1.34. The first-order chi connectivity index (χ1) is 15.3. The minimum absolute atomic E-state index is 0.0699. The summed E-state index contributed by atoms with van der Waals surface area (Å²) in [4.78, 5) is 54.8. The number of hydrogen-bond acceptors (Lipinski definition) is 9. The van der Waals surface area contributed by atoms with Crippen LogP contribution in [0.1, 0.15) is 77.6 Å². The van der Waals surface area contributed by atoms with Crippen LogP contribution in [0.2, 0.25) is 0 Å². The topological polar surface area (TPSA) is 148 Å². The molecule has 11 heteroatoms. The summed E-state index contributed by atoms with van der Waals surface area (Å²) in [5.74, 6) is -1.37. The molecule has 1 rings (SSSR count). The average Bonchev–Trinajstić information content (AvgIpc) is 3.01. The monoisotopic (exact) mass is 458 g/mol. The van der Waals surface area contributed by atoms with Crippen LogP contribution < -0.4 is 0 Å². The summed E-state index contributed by atoms with van der Waals surface area (Å²) in [5.41, 5.74) is 0. The first-order valence-corrected chi connectivity index (χ1v) is 11.2. The van der Waals surface area contributed by atoms with Gasteiger partial charge < -0.3 is 14.4 Å². The van der Waals surface area contributed by atoms with Crippen LogP contribution in [0.25, 0.3) is 0 Å². The van der Waals surface area contributed by atoms with Crippen LogP contribution >= 0.6 is 0 Å². The molecule has 1 saturated carbocycles. The van der Waals surface area contributed by atoms with Crippen LogP contribution in [-0.4, -0.2) is 41.2 Å². The minimum Gasteiger partial charge on any atom is -0.469 e. The molecular weight excluding hydrogens is 424 g/mol. The van der Waals surface area contributed by atoms with Crippen LogP contribution in [0, 0.1) is 32.1 Å². The Bertz CT molecular complexity index is 653. The van der Waals surface area contributed by atoms with Gasteiger partial charge in [0.2, 0.25) is 0 Å². The number of Topliss-reactive ketones (excluding diaryl/α,β-unsaturated/α-hetero) is 1. The molecule has 0 aromatic rings. The molecule has 0 N–H and O–H groups in total. The Balaban J connectivity index is 2.75. The van der Waals surface area contributed by atoms with Crippen LogP contribution in [0.3, 0.4) is 0 Å². The van der Waals surface area contributed by atoms with Crippen molar-refractivity contribution in [3.8, 4) is 0 Å². The molecule has 0 spiro atoms. The molecule has 0 aliphatic heterocycles. The normalized spacial score (nSPS) is 21.4. The van der Waals surface area contributed by atoms with Crippen molar-refractivity contribution in [1.82, 2.24) is 0 Å². The van der Waals surface area contributed by atoms with E-state index in [-0.39, 0.29) is 18.2 Å². The zero-order chi connectivity index (χ0) is 23.9. The summed E-state index contributed by atoms with van der Waals surface area (Å²) in [6.07, 6.45) is 8.32. The molecule has 0 heterocycles. The van der Waals surface area contributed by atoms with E-state index in [0.717, 1.165) is 38.5 Å². The Hall–Kier alpha value is -2.72. The second kappa shape index (κ2) is 15.1. The van der Waals surface area contributed by atoms with E-state index in [1.165, 1.54) is 13.2 Å². The predicted molar refractivity (Wildman–Crippen MR) is 113 cm³/mol. The number of ether oxygens (including phenoxy) is 1. The van der Waals surface area contributed by atoms with E-state index in [9.17, 15) is 29.8 Å². The first-order valence-electron chi connectivity index (χ1n) is 11.2. The van der Waals surface area contributed by atoms with Gasteiger partial charge in [-0.25, -0.2) is 0 Å². The largest absolute Gasteiger partial charge is 0.469 e. The molecular formula is C21H34N2O9. The molecule has 1 aliphatic rings. The Morgan fingerprint density at radius 2 is 1.84 bits per heavy atom. The van der Waals surface area contributed by atoms with Gasteiger partial charge in [-0.05, 0) is 19.3 Å². The van der Waals surface area contributed by atoms with Gasteiger partial charge in [-0.1, -0.05) is 57.6 Å². The third-order valence-electron chi connectivity index (χ3n) is 5.67. The van der Waals surface area contributed by atoms with Gasteiger partial charge in [0, 0.05) is 24.7 Å². The SMILES string of the molecule is CCCCC[C@@H](/C=C/[C@H]1[C@H](O[N+](=O)[O-])CC(=O)[C@@H]1CCCCCCC(=O)OC)O[N+](=O)[O-]. The van der Waals surface area contributed by atoms with Crippen LogP contribution in [0.15, 0.2) is 12.2 Å². The maximum absolute atomic E-state index is 12.5. The van der Waals surface area contributed by atoms with Crippen molar-refractivity contribution in [2.45, 2.75) is 89.8 Å². The van der Waals surface area contributed by atoms with Gasteiger partial charge in [-0.15, -0.1) is 20.2 Å². The maximum Gasteiger partial charge on any atom is 0.305 e. The number of nitrogens with zero attached hydrogens (tertiary/aromatic N) is 2. The van der Waals surface area contributed by atoms with E-state index in [4.69, 9.17) is 9.68 Å². The van der Waals surface area contributed by atoms with E-state index < -0.39 is 34.2 Å². The lowest BCUT2D eigenvalue weighted by Gasteiger charge is -2.20. The fourth-order valence-corrected chi connectivity index (χ4v) is 4.02. The Morgan fingerprint density at radius 3 is 2.47 bits per heavy atom. The maximum atomic E-state index is 12.5. The highest BCUT2D eigenvalue weighted by Gasteiger charge is 2.42. The number of carbonyl (C=O) groups is 2. The number of ketones is 1. The number of hydrogen-bond donors (Lipinski definition) is 0. The fourth-order valence-electron chi connectivity index (χ4n) is 4.02. The van der Waals surface area contributed by atoms with Gasteiger partial charge in [-0.3, -0.25) is 9.59 Å². The van der Waals surface area contributed by atoms with E-state index >= 15 is 0 Å². The number of methoxy groups -OCH3 is 1. The quantitative estimate of drug-likeness (QED) is 0.104. The van der Waals surface area contributed by atoms with Gasteiger partial charge in [0.25, 0.3) is 10.2 Å². The van der Waals surface area contributed by atoms with Crippen molar-refractivity contribution in [3.05, 3.63) is 32.4 Å². The zero-order valence-corrected chi connectivity index (χ0v) is 18.8. The minimum atomic E-state index is -0.912. The summed E-state index contributed by atoms with van der Waals surface area (Å²) >= 11 is 0. The summed E-state index contributed by atoms with van der Waals surface area (Å²) in [6, 6.07) is 0. The lowest BCUT2D eigenvalue weighted by molar-refractivity contribution is -0.769. The summed E-state index contributed by atoms with van der Waals surface area (Å²) in [6.45, 7) is 2.02. The molecule has 0 aromatic heterocycles. The second-order valence-corrected chi connectivity index (χ2v) is 8.00. The number of unbranched alkanes of at least 4 members (excludes halogenated alkanes) is 5. The Morgan fingerprint density at radius 1 is 1.12 bits per heavy atom. The molecule has 1 aliphatic carbocycles. The van der Waals surface area contributed by atoms with Crippen LogP contribution in [-0.2, 0) is 24.0 Å². The standard InChI is InChI=1S/C21H34N2O9/c1-3-4-7-10-16(31-22(26)27)13-14-18-17(19(24)15-20(18)32-23(28)29)11-8-5-6-9-12-21(25)30-2/h13-14,16-18,20H,3-12,15H2,1-2H3/b14-13+/t16-,17+,18+,20+/m0/s1. The third-order valence-corrected chi connectivity index (χ3v) is 5.67. The lowest BCUT2D eigenvalue weighted by atomic mass is 9.88. The van der Waals surface area contributed by atoms with Gasteiger partial charge in [0.15, 0.2) is 0 Å². The van der Waals surface area contributed by atoms with Crippen LogP contribution in [0.5, 0.6) is 0 Å². The molecule has 0 radical (unpaired) electrons. The van der Waals surface area contributed by atoms with Crippen molar-refractivity contribution in [3.63, 3.8) is 0 Å². The van der Waals surface area contributed by atoms with Crippen LogP contribution in [0.4, 0.5) is 0 Å². The third kappa shape index (κ3) is 10.5. The van der Waals surface area contributed by atoms with Gasteiger partial charge >= 0.3 is 5.97 Å². The van der Waals surface area contributed by atoms with Gasteiger partial charge in [0.1, 0.15) is 18.0 Å². The lowest BCUT2D eigenvalue weighted by Crippen LogP contribution is -2.24. The number of esters is 1. The number of rotatable bonds is 17. The number of carbonyl (C=O) groups excluding carboxylic acids is 2. The van der Waals surface area contributed by atoms with Crippen molar-refractivity contribution < 1.29 is 34.2 Å². The molecule has 0 unspecified atom stereocenters. The Kier molecular flexibility index (Phi) is 12.9. The van der Waals surface area contributed by atoms with Gasteiger partial charge in [-0.2, -0.15) is 0 Å². The molecule has 32 heavy (non-hydrogen) atoms. The molecule has 0 saturated heterocycles. The van der Waals surface area contributed by atoms with E-state index in [1.54, 1.807) is 6.08 Å². The van der Waals surface area contributed by atoms with Crippen molar-refractivity contribution in [2.24, 2.45) is 11.8 Å².